The van der Waals surface area contributed by atoms with Crippen LogP contribution < -0.4 is 5.32 Å². The van der Waals surface area contributed by atoms with E-state index >= 15 is 0 Å². The average Bonchev–Trinajstić information content (AvgIpc) is 2.52. The molecule has 2 heteroatoms. The largest absolute Gasteiger partial charge is 0.359 e. The van der Waals surface area contributed by atoms with Crippen LogP contribution in [0, 0.1) is 5.41 Å². The summed E-state index contributed by atoms with van der Waals surface area (Å²) in [5, 5.41) is 2.85. The quantitative estimate of drug-likeness (QED) is 0.400. The van der Waals surface area contributed by atoms with Crippen molar-refractivity contribution in [1.82, 2.24) is 5.32 Å². The van der Waals surface area contributed by atoms with Crippen LogP contribution in [0.5, 0.6) is 0 Å². The van der Waals surface area contributed by atoms with Gasteiger partial charge in [0, 0.05) is 12.5 Å². The van der Waals surface area contributed by atoms with E-state index in [1.54, 1.807) is 7.05 Å². The molecule has 2 nitrogen and oxygen atoms in total. The minimum atomic E-state index is -0.116. The SMILES string of the molecule is CCCCCCCCCCCCC(CC)(CC)C(=O)NC. The minimum absolute atomic E-state index is 0.116. The topological polar surface area (TPSA) is 29.1 Å². The highest BCUT2D eigenvalue weighted by Crippen LogP contribution is 2.33. The Morgan fingerprint density at radius 1 is 0.762 bits per heavy atom. The first-order valence-corrected chi connectivity index (χ1v) is 9.39. The third kappa shape index (κ3) is 8.48. The van der Waals surface area contributed by atoms with Crippen LogP contribution >= 0.6 is 0 Å². The van der Waals surface area contributed by atoms with E-state index < -0.39 is 0 Å². The van der Waals surface area contributed by atoms with Crippen LogP contribution in [0.25, 0.3) is 0 Å². The highest BCUT2D eigenvalue weighted by molar-refractivity contribution is 5.82. The molecule has 0 spiro atoms. The number of carbonyl (C=O) groups excluding carboxylic acids is 1. The molecule has 0 atom stereocenters. The number of rotatable bonds is 14. The maximum Gasteiger partial charge on any atom is 0.225 e. The second-order valence-corrected chi connectivity index (χ2v) is 6.50. The molecule has 0 fully saturated rings. The van der Waals surface area contributed by atoms with Gasteiger partial charge in [-0.1, -0.05) is 85.0 Å². The summed E-state index contributed by atoms with van der Waals surface area (Å²) < 4.78 is 0. The zero-order chi connectivity index (χ0) is 16.0. The molecule has 1 amide bonds. The third-order valence-corrected chi connectivity index (χ3v) is 5.07. The van der Waals surface area contributed by atoms with Gasteiger partial charge in [0.15, 0.2) is 0 Å². The number of nitrogens with one attached hydrogen (secondary N) is 1. The summed E-state index contributed by atoms with van der Waals surface area (Å²) in [5.41, 5.74) is -0.116. The molecule has 0 aromatic rings. The van der Waals surface area contributed by atoms with E-state index in [0.717, 1.165) is 19.3 Å². The van der Waals surface area contributed by atoms with Gasteiger partial charge in [-0.25, -0.2) is 0 Å². The molecular formula is C19H39NO. The number of hydrogen-bond acceptors (Lipinski definition) is 1. The lowest BCUT2D eigenvalue weighted by atomic mass is 9.77. The zero-order valence-electron chi connectivity index (χ0n) is 15.1. The van der Waals surface area contributed by atoms with Crippen molar-refractivity contribution in [1.29, 1.82) is 0 Å². The van der Waals surface area contributed by atoms with Gasteiger partial charge in [0.2, 0.25) is 5.91 Å². The minimum Gasteiger partial charge on any atom is -0.359 e. The first kappa shape index (κ1) is 20.5. The average molecular weight is 298 g/mol. The summed E-state index contributed by atoms with van der Waals surface area (Å²) in [6.45, 7) is 6.57. The lowest BCUT2D eigenvalue weighted by Gasteiger charge is -2.29. The van der Waals surface area contributed by atoms with Crippen molar-refractivity contribution in [2.75, 3.05) is 7.05 Å². The van der Waals surface area contributed by atoms with E-state index in [1.165, 1.54) is 64.2 Å². The molecule has 0 aromatic heterocycles. The van der Waals surface area contributed by atoms with Gasteiger partial charge in [-0.05, 0) is 19.3 Å². The van der Waals surface area contributed by atoms with Crippen LogP contribution in [0.15, 0.2) is 0 Å². The van der Waals surface area contributed by atoms with Crippen molar-refractivity contribution in [3.63, 3.8) is 0 Å². The highest BCUT2D eigenvalue weighted by atomic mass is 16.2. The van der Waals surface area contributed by atoms with E-state index in [9.17, 15) is 4.79 Å². The molecule has 0 radical (unpaired) electrons. The van der Waals surface area contributed by atoms with Crippen molar-refractivity contribution in [3.8, 4) is 0 Å². The summed E-state index contributed by atoms with van der Waals surface area (Å²) >= 11 is 0. The lowest BCUT2D eigenvalue weighted by Crippen LogP contribution is -2.38. The van der Waals surface area contributed by atoms with E-state index in [0.29, 0.717) is 0 Å². The maximum atomic E-state index is 12.1. The summed E-state index contributed by atoms with van der Waals surface area (Å²) in [7, 11) is 1.76. The van der Waals surface area contributed by atoms with Crippen LogP contribution in [-0.4, -0.2) is 13.0 Å². The van der Waals surface area contributed by atoms with Gasteiger partial charge in [-0.2, -0.15) is 0 Å². The fourth-order valence-electron chi connectivity index (χ4n) is 3.25. The van der Waals surface area contributed by atoms with Gasteiger partial charge in [0.25, 0.3) is 0 Å². The van der Waals surface area contributed by atoms with Crippen molar-refractivity contribution in [2.24, 2.45) is 5.41 Å². The smallest absolute Gasteiger partial charge is 0.225 e. The Morgan fingerprint density at radius 3 is 1.57 bits per heavy atom. The fourth-order valence-corrected chi connectivity index (χ4v) is 3.25. The maximum absolute atomic E-state index is 12.1. The van der Waals surface area contributed by atoms with Gasteiger partial charge < -0.3 is 5.32 Å². The Morgan fingerprint density at radius 2 is 1.19 bits per heavy atom. The van der Waals surface area contributed by atoms with Gasteiger partial charge in [0.1, 0.15) is 0 Å². The number of unbranched alkanes of at least 4 members (excludes halogenated alkanes) is 9. The fraction of sp³-hybridized carbons (Fsp3) is 0.947. The van der Waals surface area contributed by atoms with Crippen LogP contribution in [0.3, 0.4) is 0 Å². The van der Waals surface area contributed by atoms with E-state index in [-0.39, 0.29) is 11.3 Å². The van der Waals surface area contributed by atoms with Crippen LogP contribution in [-0.2, 0) is 4.79 Å². The monoisotopic (exact) mass is 297 g/mol. The van der Waals surface area contributed by atoms with E-state index in [1.807, 2.05) is 0 Å². The van der Waals surface area contributed by atoms with Gasteiger partial charge >= 0.3 is 0 Å². The molecule has 0 saturated heterocycles. The normalized spacial score (nSPS) is 11.6. The van der Waals surface area contributed by atoms with Gasteiger partial charge in [0.05, 0.1) is 0 Å². The number of amides is 1. The first-order chi connectivity index (χ1) is 10.2. The molecule has 0 aliphatic heterocycles. The van der Waals surface area contributed by atoms with Crippen LogP contribution in [0.2, 0.25) is 0 Å². The molecule has 0 rings (SSSR count). The van der Waals surface area contributed by atoms with Gasteiger partial charge in [-0.3, -0.25) is 4.79 Å². The predicted molar refractivity (Wildman–Crippen MR) is 93.5 cm³/mol. The van der Waals surface area contributed by atoms with Crippen molar-refractivity contribution in [2.45, 2.75) is 104 Å². The van der Waals surface area contributed by atoms with Gasteiger partial charge in [-0.15, -0.1) is 0 Å². The molecule has 126 valence electrons. The number of hydrogen-bond donors (Lipinski definition) is 1. The standard InChI is InChI=1S/C19H39NO/c1-5-8-9-10-11-12-13-14-15-16-17-19(6-2,7-3)18(21)20-4/h5-17H2,1-4H3,(H,20,21). The highest BCUT2D eigenvalue weighted by Gasteiger charge is 2.33. The number of carbonyl (C=O) groups is 1. The molecule has 21 heavy (non-hydrogen) atoms. The van der Waals surface area contributed by atoms with E-state index in [2.05, 4.69) is 26.1 Å². The molecule has 0 saturated carbocycles. The molecular weight excluding hydrogens is 258 g/mol. The predicted octanol–water partition coefficient (Wildman–Crippen LogP) is 5.85. The Hall–Kier alpha value is -0.530. The summed E-state index contributed by atoms with van der Waals surface area (Å²) in [5.74, 6) is 0.239. The molecule has 0 unspecified atom stereocenters. The summed E-state index contributed by atoms with van der Waals surface area (Å²) in [6, 6.07) is 0. The van der Waals surface area contributed by atoms with Crippen LogP contribution in [0.1, 0.15) is 104 Å². The van der Waals surface area contributed by atoms with Crippen molar-refractivity contribution < 1.29 is 4.79 Å². The molecule has 0 aliphatic carbocycles. The molecule has 0 heterocycles. The van der Waals surface area contributed by atoms with E-state index in [4.69, 9.17) is 0 Å². The molecule has 0 bridgehead atoms. The summed E-state index contributed by atoms with van der Waals surface area (Å²) in [4.78, 5) is 12.1. The summed E-state index contributed by atoms with van der Waals surface area (Å²) in [6.07, 6.45) is 16.5. The Kier molecular flexibility index (Phi) is 12.8. The third-order valence-electron chi connectivity index (χ3n) is 5.07. The second-order valence-electron chi connectivity index (χ2n) is 6.50. The molecule has 0 aromatic carbocycles. The molecule has 0 aliphatic rings. The Balaban J connectivity index is 3.66. The first-order valence-electron chi connectivity index (χ1n) is 9.39. The van der Waals surface area contributed by atoms with Crippen molar-refractivity contribution in [3.05, 3.63) is 0 Å². The lowest BCUT2D eigenvalue weighted by molar-refractivity contribution is -0.131. The van der Waals surface area contributed by atoms with Crippen LogP contribution in [0.4, 0.5) is 0 Å². The van der Waals surface area contributed by atoms with Crippen molar-refractivity contribution >= 4 is 5.91 Å². The zero-order valence-corrected chi connectivity index (χ0v) is 15.1. The Bertz CT molecular complexity index is 246. The molecule has 1 N–H and O–H groups in total. The second kappa shape index (κ2) is 13.2. The Labute approximate surface area is 133 Å².